The van der Waals surface area contributed by atoms with E-state index in [1.54, 1.807) is 0 Å². The molecule has 1 saturated heterocycles. The first-order chi connectivity index (χ1) is 5.54. The van der Waals surface area contributed by atoms with Crippen LogP contribution in [-0.2, 0) is 4.74 Å². The lowest BCUT2D eigenvalue weighted by Crippen LogP contribution is -2.40. The first-order valence-corrected chi connectivity index (χ1v) is 5.17. The Labute approximate surface area is 76.5 Å². The Balaban J connectivity index is 2.49. The lowest BCUT2D eigenvalue weighted by Gasteiger charge is -2.42. The van der Waals surface area contributed by atoms with Crippen LogP contribution in [0.4, 0.5) is 0 Å². The number of rotatable bonds is 2. The van der Waals surface area contributed by atoms with Crippen molar-refractivity contribution in [2.75, 3.05) is 6.61 Å². The van der Waals surface area contributed by atoms with Gasteiger partial charge in [0.05, 0.1) is 12.2 Å². The third-order valence-electron chi connectivity index (χ3n) is 3.63. The molecule has 12 heavy (non-hydrogen) atoms. The highest BCUT2D eigenvalue weighted by Gasteiger charge is 2.35. The molecule has 0 bridgehead atoms. The maximum atomic E-state index is 5.92. The van der Waals surface area contributed by atoms with Gasteiger partial charge in [-0.15, -0.1) is 0 Å². The SMILES string of the molecule is CCC1(C)CCC(C)(CC)OC1. The molecular weight excluding hydrogens is 148 g/mol. The second-order valence-electron chi connectivity index (χ2n) is 4.76. The van der Waals surface area contributed by atoms with Gasteiger partial charge in [0.15, 0.2) is 0 Å². The van der Waals surface area contributed by atoms with E-state index in [4.69, 9.17) is 4.74 Å². The molecule has 0 spiro atoms. The maximum Gasteiger partial charge on any atom is 0.0652 e. The predicted molar refractivity (Wildman–Crippen MR) is 52.3 cm³/mol. The van der Waals surface area contributed by atoms with Gasteiger partial charge in [0.1, 0.15) is 0 Å². The molecule has 0 aromatic carbocycles. The summed E-state index contributed by atoms with van der Waals surface area (Å²) in [6, 6.07) is 0. The minimum atomic E-state index is 0.175. The molecule has 0 amide bonds. The molecule has 1 fully saturated rings. The van der Waals surface area contributed by atoms with Gasteiger partial charge in [0.25, 0.3) is 0 Å². The minimum absolute atomic E-state index is 0.175. The van der Waals surface area contributed by atoms with Crippen LogP contribution in [0.3, 0.4) is 0 Å². The molecule has 1 aliphatic rings. The summed E-state index contributed by atoms with van der Waals surface area (Å²) in [4.78, 5) is 0. The van der Waals surface area contributed by atoms with E-state index in [9.17, 15) is 0 Å². The maximum absolute atomic E-state index is 5.92. The summed E-state index contributed by atoms with van der Waals surface area (Å²) in [6.07, 6.45) is 4.95. The molecule has 1 aliphatic heterocycles. The van der Waals surface area contributed by atoms with Crippen LogP contribution in [0, 0.1) is 5.41 Å². The van der Waals surface area contributed by atoms with Crippen molar-refractivity contribution >= 4 is 0 Å². The van der Waals surface area contributed by atoms with Gasteiger partial charge in [-0.25, -0.2) is 0 Å². The first-order valence-electron chi connectivity index (χ1n) is 5.17. The standard InChI is InChI=1S/C11H22O/c1-5-10(3)7-8-11(4,6-2)12-9-10/h5-9H2,1-4H3. The van der Waals surface area contributed by atoms with E-state index in [1.807, 2.05) is 0 Å². The number of ether oxygens (including phenoxy) is 1. The van der Waals surface area contributed by atoms with Crippen LogP contribution in [0.2, 0.25) is 0 Å². The monoisotopic (exact) mass is 170 g/mol. The van der Waals surface area contributed by atoms with Crippen molar-refractivity contribution in [3.63, 3.8) is 0 Å². The molecule has 2 unspecified atom stereocenters. The van der Waals surface area contributed by atoms with Gasteiger partial charge in [-0.1, -0.05) is 20.8 Å². The van der Waals surface area contributed by atoms with E-state index in [2.05, 4.69) is 27.7 Å². The highest BCUT2D eigenvalue weighted by Crippen LogP contribution is 2.39. The molecule has 0 aromatic rings. The molecule has 2 atom stereocenters. The lowest BCUT2D eigenvalue weighted by molar-refractivity contribution is -0.121. The zero-order valence-electron chi connectivity index (χ0n) is 8.94. The molecule has 72 valence electrons. The van der Waals surface area contributed by atoms with E-state index < -0.39 is 0 Å². The summed E-state index contributed by atoms with van der Waals surface area (Å²) in [6.45, 7) is 10.0. The van der Waals surface area contributed by atoms with Crippen LogP contribution >= 0.6 is 0 Å². The molecule has 0 aromatic heterocycles. The highest BCUT2D eigenvalue weighted by atomic mass is 16.5. The van der Waals surface area contributed by atoms with Crippen LogP contribution < -0.4 is 0 Å². The van der Waals surface area contributed by atoms with Gasteiger partial charge in [0.2, 0.25) is 0 Å². The topological polar surface area (TPSA) is 9.23 Å². The van der Waals surface area contributed by atoms with Crippen molar-refractivity contribution in [1.29, 1.82) is 0 Å². The number of hydrogen-bond donors (Lipinski definition) is 0. The zero-order valence-corrected chi connectivity index (χ0v) is 8.94. The van der Waals surface area contributed by atoms with E-state index in [1.165, 1.54) is 19.3 Å². The largest absolute Gasteiger partial charge is 0.375 e. The Morgan fingerprint density at radius 2 is 1.75 bits per heavy atom. The second kappa shape index (κ2) is 3.37. The molecule has 0 N–H and O–H groups in total. The van der Waals surface area contributed by atoms with E-state index >= 15 is 0 Å². The molecule has 0 aliphatic carbocycles. The molecule has 0 saturated carbocycles. The smallest absolute Gasteiger partial charge is 0.0652 e. The van der Waals surface area contributed by atoms with Crippen LogP contribution in [-0.4, -0.2) is 12.2 Å². The van der Waals surface area contributed by atoms with Gasteiger partial charge in [-0.3, -0.25) is 0 Å². The Morgan fingerprint density at radius 1 is 1.08 bits per heavy atom. The minimum Gasteiger partial charge on any atom is -0.375 e. The van der Waals surface area contributed by atoms with Gasteiger partial charge >= 0.3 is 0 Å². The second-order valence-corrected chi connectivity index (χ2v) is 4.76. The Bertz CT molecular complexity index is 125. The van der Waals surface area contributed by atoms with Crippen molar-refractivity contribution in [2.24, 2.45) is 5.41 Å². The predicted octanol–water partition coefficient (Wildman–Crippen LogP) is 3.38. The summed E-state index contributed by atoms with van der Waals surface area (Å²) < 4.78 is 5.92. The summed E-state index contributed by atoms with van der Waals surface area (Å²) in [5.41, 5.74) is 0.628. The van der Waals surface area contributed by atoms with Crippen LogP contribution in [0.5, 0.6) is 0 Å². The summed E-state index contributed by atoms with van der Waals surface area (Å²) in [5.74, 6) is 0. The third-order valence-corrected chi connectivity index (χ3v) is 3.63. The molecule has 1 heterocycles. The van der Waals surface area contributed by atoms with E-state index in [0.29, 0.717) is 5.41 Å². The fraction of sp³-hybridized carbons (Fsp3) is 1.00. The van der Waals surface area contributed by atoms with Crippen molar-refractivity contribution in [2.45, 2.75) is 59.0 Å². The zero-order chi connectivity index (χ0) is 9.24. The lowest BCUT2D eigenvalue weighted by atomic mass is 9.77. The quantitative estimate of drug-likeness (QED) is 0.617. The van der Waals surface area contributed by atoms with Gasteiger partial charge in [-0.05, 0) is 38.0 Å². The Morgan fingerprint density at radius 3 is 2.08 bits per heavy atom. The van der Waals surface area contributed by atoms with Gasteiger partial charge < -0.3 is 4.74 Å². The van der Waals surface area contributed by atoms with Crippen molar-refractivity contribution in [3.05, 3.63) is 0 Å². The highest BCUT2D eigenvalue weighted by molar-refractivity contribution is 4.85. The average molecular weight is 170 g/mol. The fourth-order valence-corrected chi connectivity index (χ4v) is 1.62. The van der Waals surface area contributed by atoms with Crippen LogP contribution in [0.25, 0.3) is 0 Å². The van der Waals surface area contributed by atoms with Crippen LogP contribution in [0.1, 0.15) is 53.4 Å². The normalized spacial score (nSPS) is 43.0. The van der Waals surface area contributed by atoms with E-state index in [-0.39, 0.29) is 5.60 Å². The molecule has 1 rings (SSSR count). The van der Waals surface area contributed by atoms with Gasteiger partial charge in [0, 0.05) is 0 Å². The Kier molecular flexibility index (Phi) is 2.82. The molecule has 1 nitrogen and oxygen atoms in total. The third kappa shape index (κ3) is 2.01. The molecular formula is C11H22O. The summed E-state index contributed by atoms with van der Waals surface area (Å²) in [5, 5.41) is 0. The summed E-state index contributed by atoms with van der Waals surface area (Å²) in [7, 11) is 0. The number of hydrogen-bond acceptors (Lipinski definition) is 1. The van der Waals surface area contributed by atoms with E-state index in [0.717, 1.165) is 13.0 Å². The van der Waals surface area contributed by atoms with Crippen molar-refractivity contribution in [3.8, 4) is 0 Å². The fourth-order valence-electron chi connectivity index (χ4n) is 1.62. The van der Waals surface area contributed by atoms with Crippen molar-refractivity contribution in [1.82, 2.24) is 0 Å². The van der Waals surface area contributed by atoms with Crippen LogP contribution in [0.15, 0.2) is 0 Å². The van der Waals surface area contributed by atoms with Crippen molar-refractivity contribution < 1.29 is 4.74 Å². The first kappa shape index (κ1) is 10.0. The summed E-state index contributed by atoms with van der Waals surface area (Å²) >= 11 is 0. The van der Waals surface area contributed by atoms with Gasteiger partial charge in [-0.2, -0.15) is 0 Å². The Hall–Kier alpha value is -0.0400. The molecule has 0 radical (unpaired) electrons. The average Bonchev–Trinajstić information content (AvgIpc) is 2.11. The molecule has 1 heteroatoms.